The van der Waals surface area contributed by atoms with Crippen LogP contribution in [0.5, 0.6) is 0 Å². The highest BCUT2D eigenvalue weighted by molar-refractivity contribution is 5.93. The molecule has 0 aromatic carbocycles. The van der Waals surface area contributed by atoms with Crippen molar-refractivity contribution in [2.45, 2.75) is 58.3 Å². The van der Waals surface area contributed by atoms with Gasteiger partial charge in [-0.05, 0) is 40.5 Å². The van der Waals surface area contributed by atoms with Gasteiger partial charge in [-0.3, -0.25) is 9.59 Å². The van der Waals surface area contributed by atoms with Gasteiger partial charge >= 0.3 is 0 Å². The monoisotopic (exact) mass is 332 g/mol. The highest BCUT2D eigenvalue weighted by Crippen LogP contribution is 2.31. The third kappa shape index (κ3) is 3.21. The molecule has 1 saturated carbocycles. The molecule has 0 spiro atoms. The van der Waals surface area contributed by atoms with Crippen LogP contribution in [-0.2, 0) is 4.74 Å². The second-order valence-electron chi connectivity index (χ2n) is 7.52. The fourth-order valence-corrected chi connectivity index (χ4v) is 3.02. The number of aromatic nitrogens is 3. The van der Waals surface area contributed by atoms with Crippen LogP contribution in [-0.4, -0.2) is 50.2 Å². The van der Waals surface area contributed by atoms with Crippen molar-refractivity contribution in [1.82, 2.24) is 19.5 Å². The van der Waals surface area contributed by atoms with Crippen molar-refractivity contribution in [3.05, 3.63) is 34.0 Å². The molecule has 24 heavy (non-hydrogen) atoms. The number of fused-ring (bicyclic) bond motifs is 1. The molecule has 130 valence electrons. The van der Waals surface area contributed by atoms with Gasteiger partial charge in [-0.2, -0.15) is 5.10 Å². The highest BCUT2D eigenvalue weighted by atomic mass is 16.5. The first-order valence-corrected chi connectivity index (χ1v) is 8.18. The first-order chi connectivity index (χ1) is 11.1. The number of carbonyl (C=O) groups excluding carboxylic acids is 1. The highest BCUT2D eigenvalue weighted by Gasteiger charge is 2.37. The molecule has 1 fully saturated rings. The van der Waals surface area contributed by atoms with E-state index in [0.29, 0.717) is 11.2 Å². The Hall–Kier alpha value is -2.15. The van der Waals surface area contributed by atoms with Crippen molar-refractivity contribution < 1.29 is 9.53 Å². The van der Waals surface area contributed by atoms with Crippen LogP contribution in [0.1, 0.15) is 49.8 Å². The fourth-order valence-electron chi connectivity index (χ4n) is 3.02. The number of carbonyl (C=O) groups is 1. The van der Waals surface area contributed by atoms with E-state index in [9.17, 15) is 9.59 Å². The molecule has 3 rings (SSSR count). The van der Waals surface area contributed by atoms with E-state index in [0.717, 1.165) is 12.8 Å². The number of nitrogens with one attached hydrogen (secondary N) is 1. The summed E-state index contributed by atoms with van der Waals surface area (Å²) in [5, 5.41) is 4.25. The van der Waals surface area contributed by atoms with Gasteiger partial charge in [-0.1, -0.05) is 0 Å². The van der Waals surface area contributed by atoms with Gasteiger partial charge in [0.05, 0.1) is 11.7 Å². The number of aromatic amines is 1. The minimum atomic E-state index is -0.244. The predicted octanol–water partition coefficient (Wildman–Crippen LogP) is 1.75. The number of hydrogen-bond donors (Lipinski definition) is 1. The SMILES string of the molecule is Cc1cn2nc(C(=O)N(C)C3CC(OC(C)(C)C)C3)cc2c(=O)[nH]1. The molecule has 2 aromatic rings. The zero-order valence-electron chi connectivity index (χ0n) is 14.8. The number of H-pyrrole nitrogens is 1. The van der Waals surface area contributed by atoms with Gasteiger partial charge in [-0.15, -0.1) is 0 Å². The van der Waals surface area contributed by atoms with E-state index in [1.165, 1.54) is 4.52 Å². The zero-order chi connectivity index (χ0) is 17.6. The summed E-state index contributed by atoms with van der Waals surface area (Å²) >= 11 is 0. The van der Waals surface area contributed by atoms with Crippen molar-refractivity contribution in [2.75, 3.05) is 7.05 Å². The lowest BCUT2D eigenvalue weighted by molar-refractivity contribution is -0.113. The quantitative estimate of drug-likeness (QED) is 0.928. The second-order valence-corrected chi connectivity index (χ2v) is 7.52. The molecule has 0 unspecified atom stereocenters. The predicted molar refractivity (Wildman–Crippen MR) is 90.3 cm³/mol. The van der Waals surface area contributed by atoms with E-state index in [2.05, 4.69) is 10.1 Å². The van der Waals surface area contributed by atoms with Crippen LogP contribution >= 0.6 is 0 Å². The Morgan fingerprint density at radius 3 is 2.71 bits per heavy atom. The van der Waals surface area contributed by atoms with Gasteiger partial charge in [0.2, 0.25) is 0 Å². The average molecular weight is 332 g/mol. The summed E-state index contributed by atoms with van der Waals surface area (Å²) in [6.07, 6.45) is 3.54. The maximum atomic E-state index is 12.6. The van der Waals surface area contributed by atoms with Crippen LogP contribution in [0.2, 0.25) is 0 Å². The van der Waals surface area contributed by atoms with Gasteiger partial charge in [0.1, 0.15) is 5.52 Å². The Balaban J connectivity index is 1.71. The first-order valence-electron chi connectivity index (χ1n) is 8.18. The molecule has 1 aliphatic rings. The lowest BCUT2D eigenvalue weighted by Gasteiger charge is -2.43. The van der Waals surface area contributed by atoms with Gasteiger partial charge in [0.15, 0.2) is 5.69 Å². The summed E-state index contributed by atoms with van der Waals surface area (Å²) < 4.78 is 7.37. The number of ether oxygens (including phenoxy) is 1. The Morgan fingerprint density at radius 1 is 1.42 bits per heavy atom. The standard InChI is InChI=1S/C17H24N4O3/c1-10-9-21-14(15(22)18-10)8-13(19-21)16(23)20(5)11-6-12(7-11)24-17(2,3)4/h8-9,11-12H,6-7H2,1-5H3,(H,18,22). The van der Waals surface area contributed by atoms with Crippen LogP contribution in [0.15, 0.2) is 17.1 Å². The van der Waals surface area contributed by atoms with Crippen molar-refractivity contribution in [3.8, 4) is 0 Å². The zero-order valence-corrected chi connectivity index (χ0v) is 14.8. The number of hydrogen-bond acceptors (Lipinski definition) is 4. The van der Waals surface area contributed by atoms with Gasteiger partial charge in [-0.25, -0.2) is 4.52 Å². The van der Waals surface area contributed by atoms with Crippen molar-refractivity contribution >= 4 is 11.4 Å². The number of aryl methyl sites for hydroxylation is 1. The smallest absolute Gasteiger partial charge is 0.274 e. The third-order valence-electron chi connectivity index (χ3n) is 4.27. The van der Waals surface area contributed by atoms with Crippen LogP contribution in [0.3, 0.4) is 0 Å². The van der Waals surface area contributed by atoms with Gasteiger partial charge < -0.3 is 14.6 Å². The first kappa shape index (κ1) is 16.7. The van der Waals surface area contributed by atoms with Crippen molar-refractivity contribution in [1.29, 1.82) is 0 Å². The molecule has 1 aliphatic carbocycles. The molecule has 2 aromatic heterocycles. The molecule has 0 atom stereocenters. The molecule has 0 saturated heterocycles. The third-order valence-corrected chi connectivity index (χ3v) is 4.27. The van der Waals surface area contributed by atoms with Gasteiger partial charge in [0, 0.05) is 31.0 Å². The van der Waals surface area contributed by atoms with Crippen LogP contribution in [0, 0.1) is 6.92 Å². The van der Waals surface area contributed by atoms with Crippen molar-refractivity contribution in [3.63, 3.8) is 0 Å². The Morgan fingerprint density at radius 2 is 2.08 bits per heavy atom. The Bertz CT molecular complexity index is 824. The minimum Gasteiger partial charge on any atom is -0.372 e. The molecule has 7 heteroatoms. The lowest BCUT2D eigenvalue weighted by atomic mass is 9.87. The molecule has 0 radical (unpaired) electrons. The van der Waals surface area contributed by atoms with E-state index in [4.69, 9.17) is 4.74 Å². The normalized spacial score (nSPS) is 20.9. The Labute approximate surface area is 140 Å². The molecule has 0 bridgehead atoms. The van der Waals surface area contributed by atoms with Crippen LogP contribution in [0.25, 0.3) is 5.52 Å². The van der Waals surface area contributed by atoms with E-state index in [1.54, 1.807) is 31.1 Å². The topological polar surface area (TPSA) is 79.7 Å². The van der Waals surface area contributed by atoms with Crippen LogP contribution in [0.4, 0.5) is 0 Å². The van der Waals surface area contributed by atoms with E-state index in [-0.39, 0.29) is 34.9 Å². The van der Waals surface area contributed by atoms with Crippen molar-refractivity contribution in [2.24, 2.45) is 0 Å². The maximum absolute atomic E-state index is 12.6. The second kappa shape index (κ2) is 5.73. The minimum absolute atomic E-state index is 0.148. The van der Waals surface area contributed by atoms with Gasteiger partial charge in [0.25, 0.3) is 11.5 Å². The molecule has 2 heterocycles. The maximum Gasteiger partial charge on any atom is 0.274 e. The number of rotatable bonds is 3. The average Bonchev–Trinajstić information content (AvgIpc) is 2.84. The number of nitrogens with zero attached hydrogens (tertiary/aromatic N) is 3. The summed E-state index contributed by atoms with van der Waals surface area (Å²) in [7, 11) is 1.78. The summed E-state index contributed by atoms with van der Waals surface area (Å²) in [5.41, 5.74) is 0.947. The summed E-state index contributed by atoms with van der Waals surface area (Å²) in [5.74, 6) is -0.171. The molecule has 1 N–H and O–H groups in total. The molecule has 0 aliphatic heterocycles. The fraction of sp³-hybridized carbons (Fsp3) is 0.588. The molecule has 1 amide bonds. The Kier molecular flexibility index (Phi) is 3.99. The number of amides is 1. The molecular formula is C17H24N4O3. The van der Waals surface area contributed by atoms with E-state index in [1.807, 2.05) is 20.8 Å². The summed E-state index contributed by atoms with van der Waals surface area (Å²) in [4.78, 5) is 29.0. The summed E-state index contributed by atoms with van der Waals surface area (Å²) in [6.45, 7) is 7.88. The molecular weight excluding hydrogens is 308 g/mol. The largest absolute Gasteiger partial charge is 0.372 e. The van der Waals surface area contributed by atoms with Crippen LogP contribution < -0.4 is 5.56 Å². The molecule has 7 nitrogen and oxygen atoms in total. The van der Waals surface area contributed by atoms with E-state index >= 15 is 0 Å². The van der Waals surface area contributed by atoms with E-state index < -0.39 is 0 Å². The summed E-state index contributed by atoms with van der Waals surface area (Å²) in [6, 6.07) is 1.69. The lowest BCUT2D eigenvalue weighted by Crippen LogP contribution is -2.50.